The van der Waals surface area contributed by atoms with Gasteiger partial charge in [-0.15, -0.1) is 0 Å². The molecule has 0 saturated carbocycles. The molecule has 2 aromatic carbocycles. The van der Waals surface area contributed by atoms with E-state index >= 15 is 0 Å². The normalized spacial score (nSPS) is 10.6. The summed E-state index contributed by atoms with van der Waals surface area (Å²) in [6, 6.07) is 7.66. The highest BCUT2D eigenvalue weighted by atomic mass is 35.5. The first-order valence-corrected chi connectivity index (χ1v) is 6.94. The Hall–Kier alpha value is -0.440. The zero-order chi connectivity index (χ0) is 14.2. The molecular formula is C13H5Cl5O. The number of ketones is 1. The fourth-order valence-corrected chi connectivity index (χ4v) is 3.16. The van der Waals surface area contributed by atoms with Crippen LogP contribution in [0, 0.1) is 0 Å². The lowest BCUT2D eigenvalue weighted by Crippen LogP contribution is -2.05. The van der Waals surface area contributed by atoms with Gasteiger partial charge < -0.3 is 0 Å². The van der Waals surface area contributed by atoms with Crippen LogP contribution in [0.4, 0.5) is 0 Å². The quantitative estimate of drug-likeness (QED) is 0.588. The van der Waals surface area contributed by atoms with Gasteiger partial charge in [0, 0.05) is 5.02 Å². The second kappa shape index (κ2) is 5.90. The summed E-state index contributed by atoms with van der Waals surface area (Å²) in [4.78, 5) is 12.5. The monoisotopic (exact) mass is 352 g/mol. The van der Waals surface area contributed by atoms with E-state index in [9.17, 15) is 4.79 Å². The molecule has 0 spiro atoms. The molecule has 0 aromatic heterocycles. The lowest BCUT2D eigenvalue weighted by atomic mass is 10.0. The average Bonchev–Trinajstić information content (AvgIpc) is 2.26. The standard InChI is InChI=1S/C13H5Cl5O/c14-6-4-9(17)12(10(18)5-6)13(19)11-7(15)2-1-3-8(11)16/h1-5H. The number of hydrogen-bond acceptors (Lipinski definition) is 1. The van der Waals surface area contributed by atoms with Crippen molar-refractivity contribution in [3.05, 3.63) is 66.6 Å². The van der Waals surface area contributed by atoms with Crippen LogP contribution in [-0.4, -0.2) is 5.78 Å². The molecule has 0 saturated heterocycles. The maximum atomic E-state index is 12.5. The lowest BCUT2D eigenvalue weighted by molar-refractivity contribution is 0.103. The topological polar surface area (TPSA) is 17.1 Å². The Bertz CT molecular complexity index is 623. The summed E-state index contributed by atoms with van der Waals surface area (Å²) >= 11 is 29.8. The first kappa shape index (κ1) is 15.0. The number of carbonyl (C=O) groups excluding carboxylic acids is 1. The van der Waals surface area contributed by atoms with Crippen molar-refractivity contribution in [2.45, 2.75) is 0 Å². The lowest BCUT2D eigenvalue weighted by Gasteiger charge is -2.09. The van der Waals surface area contributed by atoms with E-state index in [-0.39, 0.29) is 31.2 Å². The van der Waals surface area contributed by atoms with Gasteiger partial charge in [-0.1, -0.05) is 64.1 Å². The van der Waals surface area contributed by atoms with E-state index in [4.69, 9.17) is 58.0 Å². The van der Waals surface area contributed by atoms with Crippen molar-refractivity contribution >= 4 is 63.8 Å². The minimum atomic E-state index is -0.442. The third-order valence-electron chi connectivity index (χ3n) is 2.42. The van der Waals surface area contributed by atoms with Crippen molar-refractivity contribution < 1.29 is 4.79 Å². The molecule has 0 radical (unpaired) electrons. The highest BCUT2D eigenvalue weighted by Crippen LogP contribution is 2.34. The Morgan fingerprint density at radius 1 is 0.737 bits per heavy atom. The molecule has 0 heterocycles. The van der Waals surface area contributed by atoms with Gasteiger partial charge in [0.25, 0.3) is 0 Å². The molecule has 6 heteroatoms. The van der Waals surface area contributed by atoms with Crippen LogP contribution in [-0.2, 0) is 0 Å². The van der Waals surface area contributed by atoms with Gasteiger partial charge in [0.15, 0.2) is 5.78 Å². The van der Waals surface area contributed by atoms with Gasteiger partial charge >= 0.3 is 0 Å². The Labute approximate surface area is 135 Å². The van der Waals surface area contributed by atoms with Crippen LogP contribution in [0.25, 0.3) is 0 Å². The van der Waals surface area contributed by atoms with E-state index < -0.39 is 5.78 Å². The van der Waals surface area contributed by atoms with Gasteiger partial charge in [-0.2, -0.15) is 0 Å². The molecule has 19 heavy (non-hydrogen) atoms. The van der Waals surface area contributed by atoms with E-state index in [0.717, 1.165) is 0 Å². The van der Waals surface area contributed by atoms with Gasteiger partial charge in [-0.25, -0.2) is 0 Å². The Kier molecular flexibility index (Phi) is 4.65. The zero-order valence-corrected chi connectivity index (χ0v) is 13.0. The molecule has 0 aliphatic rings. The SMILES string of the molecule is O=C(c1c(Cl)cccc1Cl)c1c(Cl)cc(Cl)cc1Cl. The Morgan fingerprint density at radius 3 is 1.63 bits per heavy atom. The van der Waals surface area contributed by atoms with Crippen LogP contribution in [0.1, 0.15) is 15.9 Å². The molecule has 0 aliphatic carbocycles. The van der Waals surface area contributed by atoms with Crippen LogP contribution >= 0.6 is 58.0 Å². The van der Waals surface area contributed by atoms with E-state index in [1.54, 1.807) is 18.2 Å². The summed E-state index contributed by atoms with van der Waals surface area (Å²) < 4.78 is 0. The molecule has 0 amide bonds. The minimum Gasteiger partial charge on any atom is -0.288 e. The second-order valence-electron chi connectivity index (χ2n) is 3.67. The summed E-state index contributed by atoms with van der Waals surface area (Å²) in [5.74, 6) is -0.442. The molecule has 0 fully saturated rings. The van der Waals surface area contributed by atoms with Crippen molar-refractivity contribution in [1.29, 1.82) is 0 Å². The van der Waals surface area contributed by atoms with E-state index in [1.807, 2.05) is 0 Å². The number of benzene rings is 2. The van der Waals surface area contributed by atoms with E-state index in [0.29, 0.717) is 5.02 Å². The number of rotatable bonds is 2. The highest BCUT2D eigenvalue weighted by molar-refractivity contribution is 6.46. The fourth-order valence-electron chi connectivity index (χ4n) is 1.60. The summed E-state index contributed by atoms with van der Waals surface area (Å²) in [5, 5.41) is 1.12. The Balaban J connectivity index is 2.64. The minimum absolute atomic E-state index is 0.128. The maximum absolute atomic E-state index is 12.5. The summed E-state index contributed by atoms with van der Waals surface area (Å²) in [5.41, 5.74) is 0.291. The second-order valence-corrected chi connectivity index (χ2v) is 5.74. The largest absolute Gasteiger partial charge is 0.288 e. The van der Waals surface area contributed by atoms with Gasteiger partial charge in [0.05, 0.1) is 31.2 Å². The van der Waals surface area contributed by atoms with Crippen LogP contribution in [0.2, 0.25) is 25.1 Å². The third-order valence-corrected chi connectivity index (χ3v) is 3.87. The van der Waals surface area contributed by atoms with Crippen molar-refractivity contribution in [2.75, 3.05) is 0 Å². The van der Waals surface area contributed by atoms with Crippen LogP contribution < -0.4 is 0 Å². The summed E-state index contributed by atoms with van der Waals surface area (Å²) in [7, 11) is 0. The van der Waals surface area contributed by atoms with Crippen molar-refractivity contribution in [1.82, 2.24) is 0 Å². The first-order chi connectivity index (χ1) is 8.91. The molecular weight excluding hydrogens is 349 g/mol. The first-order valence-electron chi connectivity index (χ1n) is 5.05. The molecule has 2 aromatic rings. The predicted molar refractivity (Wildman–Crippen MR) is 81.4 cm³/mol. The zero-order valence-electron chi connectivity index (χ0n) is 9.18. The molecule has 0 aliphatic heterocycles. The van der Waals surface area contributed by atoms with Crippen LogP contribution in [0.3, 0.4) is 0 Å². The van der Waals surface area contributed by atoms with Gasteiger partial charge in [-0.05, 0) is 24.3 Å². The number of carbonyl (C=O) groups is 1. The van der Waals surface area contributed by atoms with E-state index in [2.05, 4.69) is 0 Å². The molecule has 98 valence electrons. The Morgan fingerprint density at radius 2 is 1.16 bits per heavy atom. The fraction of sp³-hybridized carbons (Fsp3) is 0. The van der Waals surface area contributed by atoms with Crippen molar-refractivity contribution in [3.63, 3.8) is 0 Å². The molecule has 0 atom stereocenters. The highest BCUT2D eigenvalue weighted by Gasteiger charge is 2.22. The van der Waals surface area contributed by atoms with Crippen molar-refractivity contribution in [2.24, 2.45) is 0 Å². The number of halogens is 5. The van der Waals surface area contributed by atoms with Crippen molar-refractivity contribution in [3.8, 4) is 0 Å². The van der Waals surface area contributed by atoms with E-state index in [1.165, 1.54) is 12.1 Å². The third kappa shape index (κ3) is 3.01. The van der Waals surface area contributed by atoms with Crippen LogP contribution in [0.15, 0.2) is 30.3 Å². The molecule has 1 nitrogen and oxygen atoms in total. The van der Waals surface area contributed by atoms with Gasteiger partial charge in [0.2, 0.25) is 0 Å². The van der Waals surface area contributed by atoms with Gasteiger partial charge in [-0.3, -0.25) is 4.79 Å². The van der Waals surface area contributed by atoms with Gasteiger partial charge in [0.1, 0.15) is 0 Å². The predicted octanol–water partition coefficient (Wildman–Crippen LogP) is 6.18. The molecule has 0 bridgehead atoms. The summed E-state index contributed by atoms with van der Waals surface area (Å²) in [6.07, 6.45) is 0. The molecule has 0 N–H and O–H groups in total. The number of hydrogen-bond donors (Lipinski definition) is 0. The summed E-state index contributed by atoms with van der Waals surface area (Å²) in [6.45, 7) is 0. The average molecular weight is 354 g/mol. The molecule has 0 unspecified atom stereocenters. The van der Waals surface area contributed by atoms with Crippen LogP contribution in [0.5, 0.6) is 0 Å². The molecule has 2 rings (SSSR count). The smallest absolute Gasteiger partial charge is 0.199 e. The maximum Gasteiger partial charge on any atom is 0.199 e.